The molecule has 0 atom stereocenters. The van der Waals surface area contributed by atoms with Gasteiger partial charge in [0, 0.05) is 18.0 Å². The number of halogens is 2. The third-order valence-electron chi connectivity index (χ3n) is 2.65. The van der Waals surface area contributed by atoms with Gasteiger partial charge in [-0.3, -0.25) is 0 Å². The van der Waals surface area contributed by atoms with Crippen molar-refractivity contribution in [3.8, 4) is 0 Å². The van der Waals surface area contributed by atoms with Crippen molar-refractivity contribution in [2.24, 2.45) is 0 Å². The Bertz CT molecular complexity index is 761. The summed E-state index contributed by atoms with van der Waals surface area (Å²) in [6.07, 6.45) is 1.07. The zero-order valence-corrected chi connectivity index (χ0v) is 11.3. The first-order chi connectivity index (χ1) is 9.27. The number of nitrogens with one attached hydrogen (secondary N) is 1. The molecule has 0 aliphatic carbocycles. The normalized spacial score (nSPS) is 11.3. The van der Waals surface area contributed by atoms with Crippen LogP contribution in [-0.2, 0) is 9.84 Å². The van der Waals surface area contributed by atoms with Crippen LogP contribution < -0.4 is 11.1 Å². The predicted octanol–water partition coefficient (Wildman–Crippen LogP) is 2.69. The van der Waals surface area contributed by atoms with Gasteiger partial charge < -0.3 is 11.1 Å². The van der Waals surface area contributed by atoms with Crippen molar-refractivity contribution in [3.05, 3.63) is 48.0 Å². The van der Waals surface area contributed by atoms with Gasteiger partial charge in [-0.15, -0.1) is 0 Å². The molecule has 0 fully saturated rings. The van der Waals surface area contributed by atoms with E-state index in [9.17, 15) is 17.2 Å². The molecule has 0 amide bonds. The van der Waals surface area contributed by atoms with Crippen molar-refractivity contribution in [1.82, 2.24) is 0 Å². The first-order valence-corrected chi connectivity index (χ1v) is 7.48. The number of rotatable bonds is 3. The molecular weight excluding hydrogens is 286 g/mol. The van der Waals surface area contributed by atoms with Gasteiger partial charge in [-0.05, 0) is 30.3 Å². The average molecular weight is 298 g/mol. The van der Waals surface area contributed by atoms with Crippen LogP contribution in [0.3, 0.4) is 0 Å². The highest BCUT2D eigenvalue weighted by atomic mass is 32.2. The summed E-state index contributed by atoms with van der Waals surface area (Å²) in [7, 11) is -3.34. The first-order valence-electron chi connectivity index (χ1n) is 5.59. The molecule has 20 heavy (non-hydrogen) atoms. The lowest BCUT2D eigenvalue weighted by molar-refractivity contribution is 0.509. The summed E-state index contributed by atoms with van der Waals surface area (Å²) in [6.45, 7) is 0. The Hall–Kier alpha value is -2.15. The average Bonchev–Trinajstić information content (AvgIpc) is 2.35. The van der Waals surface area contributed by atoms with Crippen LogP contribution in [0.2, 0.25) is 0 Å². The number of anilines is 3. The van der Waals surface area contributed by atoms with Crippen molar-refractivity contribution in [1.29, 1.82) is 0 Å². The summed E-state index contributed by atoms with van der Waals surface area (Å²) in [4.78, 5) is 0.0887. The minimum atomic E-state index is -3.34. The lowest BCUT2D eigenvalue weighted by Crippen LogP contribution is -2.01. The number of nitrogen functional groups attached to an aromatic ring is 1. The van der Waals surface area contributed by atoms with E-state index in [1.807, 2.05) is 0 Å². The van der Waals surface area contributed by atoms with E-state index in [4.69, 9.17) is 5.73 Å². The maximum atomic E-state index is 13.1. The van der Waals surface area contributed by atoms with E-state index < -0.39 is 21.5 Å². The van der Waals surface area contributed by atoms with Crippen LogP contribution in [0.1, 0.15) is 0 Å². The Labute approximate surface area is 115 Å². The summed E-state index contributed by atoms with van der Waals surface area (Å²) in [6, 6.07) is 7.47. The zero-order valence-electron chi connectivity index (χ0n) is 10.5. The first kappa shape index (κ1) is 14.3. The Morgan fingerprint density at radius 2 is 1.75 bits per heavy atom. The van der Waals surface area contributed by atoms with E-state index in [1.165, 1.54) is 24.3 Å². The number of sulfone groups is 1. The fourth-order valence-electron chi connectivity index (χ4n) is 1.61. The SMILES string of the molecule is CS(=O)(=O)c1ccc(Nc2ccc(F)c(F)c2)c(N)c1. The maximum Gasteiger partial charge on any atom is 0.175 e. The molecule has 0 radical (unpaired) electrons. The van der Waals surface area contributed by atoms with Crippen LogP contribution in [0.25, 0.3) is 0 Å². The maximum absolute atomic E-state index is 13.1. The van der Waals surface area contributed by atoms with Crippen LogP contribution in [0.15, 0.2) is 41.3 Å². The molecule has 106 valence electrons. The summed E-state index contributed by atoms with van der Waals surface area (Å²) in [5.74, 6) is -1.93. The van der Waals surface area contributed by atoms with E-state index in [-0.39, 0.29) is 10.6 Å². The highest BCUT2D eigenvalue weighted by molar-refractivity contribution is 7.90. The smallest absolute Gasteiger partial charge is 0.175 e. The van der Waals surface area contributed by atoms with Crippen molar-refractivity contribution >= 4 is 26.9 Å². The molecule has 2 rings (SSSR count). The summed E-state index contributed by atoms with van der Waals surface area (Å²) in [5, 5.41) is 2.79. The Kier molecular flexibility index (Phi) is 3.63. The molecule has 7 heteroatoms. The van der Waals surface area contributed by atoms with Gasteiger partial charge in [0.2, 0.25) is 0 Å². The molecule has 0 aliphatic rings. The van der Waals surface area contributed by atoms with Gasteiger partial charge in [0.15, 0.2) is 21.5 Å². The molecule has 0 heterocycles. The molecule has 2 aromatic rings. The molecular formula is C13H12F2N2O2S. The molecule has 2 aromatic carbocycles. The molecule has 0 aromatic heterocycles. The second kappa shape index (κ2) is 5.09. The van der Waals surface area contributed by atoms with Crippen LogP contribution in [0, 0.1) is 11.6 Å². The fourth-order valence-corrected chi connectivity index (χ4v) is 2.27. The molecule has 4 nitrogen and oxygen atoms in total. The summed E-state index contributed by atoms with van der Waals surface area (Å²) < 4.78 is 48.6. The van der Waals surface area contributed by atoms with Gasteiger partial charge in [0.1, 0.15) is 0 Å². The standard InChI is InChI=1S/C13H12F2N2O2S/c1-20(18,19)9-3-5-13(12(16)7-9)17-8-2-4-10(14)11(15)6-8/h2-7,17H,16H2,1H3. The van der Waals surface area contributed by atoms with E-state index in [1.54, 1.807) is 0 Å². The van der Waals surface area contributed by atoms with E-state index in [0.717, 1.165) is 18.4 Å². The second-order valence-electron chi connectivity index (χ2n) is 4.28. The third-order valence-corrected chi connectivity index (χ3v) is 3.76. The van der Waals surface area contributed by atoms with Gasteiger partial charge in [0.05, 0.1) is 16.3 Å². The van der Waals surface area contributed by atoms with Crippen LogP contribution in [-0.4, -0.2) is 14.7 Å². The van der Waals surface area contributed by atoms with Crippen LogP contribution in [0.4, 0.5) is 25.8 Å². The predicted molar refractivity (Wildman–Crippen MR) is 73.6 cm³/mol. The summed E-state index contributed by atoms with van der Waals surface area (Å²) >= 11 is 0. The van der Waals surface area contributed by atoms with Crippen molar-refractivity contribution < 1.29 is 17.2 Å². The van der Waals surface area contributed by atoms with Gasteiger partial charge in [-0.2, -0.15) is 0 Å². The number of hydrogen-bond acceptors (Lipinski definition) is 4. The Balaban J connectivity index is 2.32. The zero-order chi connectivity index (χ0) is 14.9. The number of benzene rings is 2. The van der Waals surface area contributed by atoms with Gasteiger partial charge in [0.25, 0.3) is 0 Å². The second-order valence-corrected chi connectivity index (χ2v) is 6.29. The highest BCUT2D eigenvalue weighted by Gasteiger charge is 2.10. The molecule has 0 unspecified atom stereocenters. The minimum absolute atomic E-state index is 0.0887. The molecule has 3 N–H and O–H groups in total. The monoisotopic (exact) mass is 298 g/mol. The Morgan fingerprint density at radius 1 is 1.05 bits per heavy atom. The Morgan fingerprint density at radius 3 is 2.30 bits per heavy atom. The molecule has 0 aliphatic heterocycles. The third kappa shape index (κ3) is 3.05. The van der Waals surface area contributed by atoms with E-state index in [2.05, 4.69) is 5.32 Å². The lowest BCUT2D eigenvalue weighted by atomic mass is 10.2. The minimum Gasteiger partial charge on any atom is -0.397 e. The van der Waals surface area contributed by atoms with Gasteiger partial charge in [-0.1, -0.05) is 0 Å². The molecule has 0 saturated carbocycles. The molecule has 0 spiro atoms. The van der Waals surface area contributed by atoms with Gasteiger partial charge in [-0.25, -0.2) is 17.2 Å². The number of hydrogen-bond donors (Lipinski definition) is 2. The lowest BCUT2D eigenvalue weighted by Gasteiger charge is -2.10. The van der Waals surface area contributed by atoms with Crippen LogP contribution in [0.5, 0.6) is 0 Å². The molecule has 0 bridgehead atoms. The van der Waals surface area contributed by atoms with Crippen molar-refractivity contribution in [3.63, 3.8) is 0 Å². The fraction of sp³-hybridized carbons (Fsp3) is 0.0769. The topological polar surface area (TPSA) is 72.2 Å². The van der Waals surface area contributed by atoms with Gasteiger partial charge >= 0.3 is 0 Å². The van der Waals surface area contributed by atoms with Crippen LogP contribution >= 0.6 is 0 Å². The van der Waals surface area contributed by atoms with E-state index >= 15 is 0 Å². The molecule has 0 saturated heterocycles. The van der Waals surface area contributed by atoms with E-state index in [0.29, 0.717) is 11.4 Å². The largest absolute Gasteiger partial charge is 0.397 e. The number of nitrogens with two attached hydrogens (primary N) is 1. The van der Waals surface area contributed by atoms with Crippen molar-refractivity contribution in [2.45, 2.75) is 4.90 Å². The van der Waals surface area contributed by atoms with Crippen molar-refractivity contribution in [2.75, 3.05) is 17.3 Å². The highest BCUT2D eigenvalue weighted by Crippen LogP contribution is 2.26. The summed E-state index contributed by atoms with van der Waals surface area (Å²) in [5.41, 5.74) is 6.65. The quantitative estimate of drug-likeness (QED) is 0.855.